The van der Waals surface area contributed by atoms with E-state index in [1.54, 1.807) is 14.2 Å². The van der Waals surface area contributed by atoms with Gasteiger partial charge in [-0.15, -0.1) is 24.8 Å². The molecule has 0 radical (unpaired) electrons. The highest BCUT2D eigenvalue weighted by Gasteiger charge is 2.43. The molecule has 0 bridgehead atoms. The first-order chi connectivity index (χ1) is 21.4. The van der Waals surface area contributed by atoms with Gasteiger partial charge in [-0.2, -0.15) is 9.97 Å². The number of aromatic nitrogens is 2. The maximum Gasteiger partial charge on any atom is 0.323 e. The number of benzene rings is 2. The van der Waals surface area contributed by atoms with E-state index < -0.39 is 0 Å². The molecule has 0 saturated carbocycles. The minimum atomic E-state index is -0.0910. The van der Waals surface area contributed by atoms with Crippen LogP contribution < -0.4 is 14.2 Å². The summed E-state index contributed by atoms with van der Waals surface area (Å²) in [7, 11) is 3.18. The van der Waals surface area contributed by atoms with Crippen LogP contribution in [-0.2, 0) is 16.1 Å². The number of carbonyl (C=O) groups excluding carboxylic acids is 1. The quantitative estimate of drug-likeness (QED) is 0.271. The van der Waals surface area contributed by atoms with E-state index in [0.717, 1.165) is 25.2 Å². The first-order valence-electron chi connectivity index (χ1n) is 15.5. The number of rotatable bonds is 12. The van der Waals surface area contributed by atoms with E-state index in [-0.39, 0.29) is 67.4 Å². The van der Waals surface area contributed by atoms with Crippen LogP contribution in [0.4, 0.5) is 0 Å². The van der Waals surface area contributed by atoms with Gasteiger partial charge in [0.15, 0.2) is 0 Å². The van der Waals surface area contributed by atoms with Gasteiger partial charge >= 0.3 is 6.01 Å². The van der Waals surface area contributed by atoms with Gasteiger partial charge in [0.25, 0.3) is 0 Å². The molecule has 2 saturated heterocycles. The highest BCUT2D eigenvalue weighted by atomic mass is 35.5. The molecule has 12 heteroatoms. The number of halogens is 2. The predicted molar refractivity (Wildman–Crippen MR) is 183 cm³/mol. The summed E-state index contributed by atoms with van der Waals surface area (Å²) in [5, 5.41) is 0. The molecule has 2 unspecified atom stereocenters. The molecule has 2 atom stereocenters. The van der Waals surface area contributed by atoms with E-state index in [0.29, 0.717) is 38.0 Å². The number of ether oxygens (including phenoxy) is 4. The van der Waals surface area contributed by atoms with Crippen LogP contribution >= 0.6 is 24.8 Å². The van der Waals surface area contributed by atoms with Gasteiger partial charge in [0.2, 0.25) is 17.7 Å². The highest BCUT2D eigenvalue weighted by Crippen LogP contribution is 2.37. The number of hydrogen-bond acceptors (Lipinski definition) is 9. The van der Waals surface area contributed by atoms with E-state index in [1.165, 1.54) is 11.1 Å². The normalized spacial score (nSPS) is 18.4. The molecule has 2 aliphatic heterocycles. The average Bonchev–Trinajstić information content (AvgIpc) is 3.03. The van der Waals surface area contributed by atoms with Crippen molar-refractivity contribution in [2.75, 3.05) is 60.2 Å². The monoisotopic (exact) mass is 675 g/mol. The van der Waals surface area contributed by atoms with Crippen LogP contribution in [-0.4, -0.2) is 109 Å². The van der Waals surface area contributed by atoms with Crippen molar-refractivity contribution in [3.63, 3.8) is 0 Å². The minimum absolute atomic E-state index is 0. The average molecular weight is 677 g/mol. The summed E-state index contributed by atoms with van der Waals surface area (Å²) in [6.07, 6.45) is -0.0910. The van der Waals surface area contributed by atoms with Gasteiger partial charge in [-0.1, -0.05) is 60.7 Å². The summed E-state index contributed by atoms with van der Waals surface area (Å²) in [6.45, 7) is 10.6. The molecule has 2 fully saturated rings. The number of fused-ring (bicyclic) bond motifs is 1. The molecule has 0 N–H and O–H groups in total. The molecule has 1 amide bonds. The molecule has 252 valence electrons. The Labute approximate surface area is 285 Å². The second-order valence-corrected chi connectivity index (χ2v) is 11.6. The third-order valence-corrected chi connectivity index (χ3v) is 8.30. The zero-order chi connectivity index (χ0) is 31.1. The number of hydrogen-bond donors (Lipinski definition) is 0. The minimum Gasteiger partial charge on any atom is -0.481 e. The van der Waals surface area contributed by atoms with Crippen molar-refractivity contribution in [3.05, 3.63) is 77.4 Å². The number of methoxy groups -OCH3 is 2. The van der Waals surface area contributed by atoms with Crippen molar-refractivity contribution >= 4 is 30.7 Å². The van der Waals surface area contributed by atoms with E-state index in [1.807, 2.05) is 25.7 Å². The molecule has 10 nitrogen and oxygen atoms in total. The Balaban J connectivity index is 0.00000288. The zero-order valence-corrected chi connectivity index (χ0v) is 29.0. The number of amides is 1. The lowest BCUT2D eigenvalue weighted by molar-refractivity contribution is -0.140. The van der Waals surface area contributed by atoms with Gasteiger partial charge < -0.3 is 23.8 Å². The lowest BCUT2D eigenvalue weighted by atomic mass is 9.81. The maximum absolute atomic E-state index is 12.9. The van der Waals surface area contributed by atoms with Crippen LogP contribution in [0.1, 0.15) is 43.4 Å². The molecule has 3 heterocycles. The third-order valence-electron chi connectivity index (χ3n) is 8.30. The summed E-state index contributed by atoms with van der Waals surface area (Å²) < 4.78 is 22.8. The second kappa shape index (κ2) is 17.7. The molecule has 2 aromatic carbocycles. The summed E-state index contributed by atoms with van der Waals surface area (Å²) in [5.74, 6) is 1.07. The summed E-state index contributed by atoms with van der Waals surface area (Å²) in [6, 6.07) is 22.0. The van der Waals surface area contributed by atoms with Crippen molar-refractivity contribution in [2.45, 2.75) is 51.4 Å². The standard InChI is InChI=1S/C34H45N5O5.2ClH/c1-6-43-34-35-32(42-5)28(33(36-34)44-24(2)3)21-37-19-27-20-38(30(40)23-41-4)17-18-39(27)29(22-37)31(25-13-9-7-10-14-25)26-15-11-8-12-16-26;;/h7-16,24,27,29,31H,6,17-23H2,1-5H3;2*1H. The first kappa shape index (κ1) is 37.3. The van der Waals surface area contributed by atoms with Crippen LogP contribution in [0.2, 0.25) is 0 Å². The smallest absolute Gasteiger partial charge is 0.323 e. The Bertz CT molecular complexity index is 1330. The molecular weight excluding hydrogens is 629 g/mol. The molecule has 2 aliphatic rings. The Hall–Kier alpha value is -3.15. The summed E-state index contributed by atoms with van der Waals surface area (Å²) >= 11 is 0. The van der Waals surface area contributed by atoms with Gasteiger partial charge in [-0.25, -0.2) is 0 Å². The van der Waals surface area contributed by atoms with Crippen molar-refractivity contribution in [3.8, 4) is 17.8 Å². The molecule has 1 aromatic heterocycles. The Morgan fingerprint density at radius 2 is 1.52 bits per heavy atom. The fourth-order valence-electron chi connectivity index (χ4n) is 6.50. The topological polar surface area (TPSA) is 89.5 Å². The maximum atomic E-state index is 12.9. The molecular formula is C34H47Cl2N5O5. The summed E-state index contributed by atoms with van der Waals surface area (Å²) in [5.41, 5.74) is 3.33. The Morgan fingerprint density at radius 3 is 2.09 bits per heavy atom. The number of nitrogens with zero attached hydrogens (tertiary/aromatic N) is 5. The van der Waals surface area contributed by atoms with E-state index in [9.17, 15) is 4.79 Å². The van der Waals surface area contributed by atoms with Crippen LogP contribution in [0.25, 0.3) is 0 Å². The van der Waals surface area contributed by atoms with E-state index >= 15 is 0 Å². The number of carbonyl (C=O) groups is 1. The van der Waals surface area contributed by atoms with Crippen molar-refractivity contribution in [1.82, 2.24) is 24.7 Å². The van der Waals surface area contributed by atoms with Gasteiger partial charge in [-0.05, 0) is 31.9 Å². The van der Waals surface area contributed by atoms with E-state index in [2.05, 4.69) is 80.4 Å². The van der Waals surface area contributed by atoms with E-state index in [4.69, 9.17) is 18.9 Å². The second-order valence-electron chi connectivity index (χ2n) is 11.6. The highest BCUT2D eigenvalue weighted by molar-refractivity contribution is 5.85. The number of piperazine rings is 2. The van der Waals surface area contributed by atoms with Gasteiger partial charge in [0.05, 0.1) is 25.4 Å². The molecule has 5 rings (SSSR count). The third kappa shape index (κ3) is 8.80. The Kier molecular flexibility index (Phi) is 14.3. The zero-order valence-electron chi connectivity index (χ0n) is 27.3. The molecule has 46 heavy (non-hydrogen) atoms. The van der Waals surface area contributed by atoms with Crippen LogP contribution in [0.5, 0.6) is 17.8 Å². The van der Waals surface area contributed by atoms with Crippen molar-refractivity contribution < 1.29 is 23.7 Å². The van der Waals surface area contributed by atoms with Crippen molar-refractivity contribution in [2.24, 2.45) is 0 Å². The molecule has 3 aromatic rings. The van der Waals surface area contributed by atoms with Crippen molar-refractivity contribution in [1.29, 1.82) is 0 Å². The summed E-state index contributed by atoms with van der Waals surface area (Å²) in [4.78, 5) is 29.1. The van der Waals surface area contributed by atoms with Crippen LogP contribution in [0.3, 0.4) is 0 Å². The van der Waals surface area contributed by atoms with Crippen LogP contribution in [0.15, 0.2) is 60.7 Å². The fraction of sp³-hybridized carbons (Fsp3) is 0.500. The van der Waals surface area contributed by atoms with Gasteiger partial charge in [0.1, 0.15) is 6.61 Å². The molecule has 0 aliphatic carbocycles. The predicted octanol–water partition coefficient (Wildman–Crippen LogP) is 4.69. The first-order valence-corrected chi connectivity index (χ1v) is 15.5. The molecule has 0 spiro atoms. The largest absolute Gasteiger partial charge is 0.481 e. The van der Waals surface area contributed by atoms with Gasteiger partial charge in [0, 0.05) is 64.4 Å². The van der Waals surface area contributed by atoms with Gasteiger partial charge in [-0.3, -0.25) is 14.6 Å². The fourth-order valence-corrected chi connectivity index (χ4v) is 6.50. The lowest BCUT2D eigenvalue weighted by Gasteiger charge is -2.53. The SMILES string of the molecule is CCOc1nc(OC)c(CN2CC3CN(C(=O)COC)CCN3C(C(c3ccccc3)c3ccccc3)C2)c(OC(C)C)n1.Cl.Cl. The van der Waals surface area contributed by atoms with Crippen LogP contribution in [0, 0.1) is 0 Å². The lowest BCUT2D eigenvalue weighted by Crippen LogP contribution is -2.67. The Morgan fingerprint density at radius 1 is 0.891 bits per heavy atom.